The van der Waals surface area contributed by atoms with Crippen molar-refractivity contribution in [3.05, 3.63) is 11.8 Å². The van der Waals surface area contributed by atoms with Gasteiger partial charge < -0.3 is 10.4 Å². The van der Waals surface area contributed by atoms with Crippen molar-refractivity contribution in [1.29, 1.82) is 0 Å². The highest BCUT2D eigenvalue weighted by Crippen LogP contribution is 2.16. The van der Waals surface area contributed by atoms with Gasteiger partial charge in [0.25, 0.3) is 0 Å². The third kappa shape index (κ3) is 4.22. The number of carboxylic acids is 1. The molecule has 0 aliphatic rings. The van der Waals surface area contributed by atoms with Crippen LogP contribution in [0, 0.1) is 5.92 Å². The Morgan fingerprint density at radius 1 is 1.59 bits per heavy atom. The molecule has 1 rings (SSSR count). The Kier molecular flexibility index (Phi) is 5.21. The zero-order valence-electron chi connectivity index (χ0n) is 10.2. The summed E-state index contributed by atoms with van der Waals surface area (Å²) in [6.07, 6.45) is 4.17. The second-order valence-corrected chi connectivity index (χ2v) is 4.81. The van der Waals surface area contributed by atoms with Gasteiger partial charge >= 0.3 is 5.97 Å². The van der Waals surface area contributed by atoms with Gasteiger partial charge in [0.15, 0.2) is 5.16 Å². The van der Waals surface area contributed by atoms with E-state index in [-0.39, 0.29) is 5.56 Å². The van der Waals surface area contributed by atoms with Crippen LogP contribution in [-0.4, -0.2) is 33.8 Å². The summed E-state index contributed by atoms with van der Waals surface area (Å²) in [5, 5.41) is 12.6. The molecule has 1 heterocycles. The molecule has 0 aromatic carbocycles. The number of anilines is 1. The predicted octanol–water partition coefficient (Wildman–Crippen LogP) is 2.35. The maximum absolute atomic E-state index is 11.0. The molecule has 1 aromatic rings. The summed E-state index contributed by atoms with van der Waals surface area (Å²) < 4.78 is 0. The van der Waals surface area contributed by atoms with E-state index in [1.54, 1.807) is 0 Å². The van der Waals surface area contributed by atoms with Crippen molar-refractivity contribution in [2.75, 3.05) is 18.1 Å². The molecule has 2 N–H and O–H groups in total. The van der Waals surface area contributed by atoms with Crippen LogP contribution >= 0.6 is 11.8 Å². The fourth-order valence-corrected chi connectivity index (χ4v) is 1.58. The van der Waals surface area contributed by atoms with Crippen LogP contribution in [0.2, 0.25) is 0 Å². The van der Waals surface area contributed by atoms with Crippen molar-refractivity contribution in [2.45, 2.75) is 25.4 Å². The van der Waals surface area contributed by atoms with Gasteiger partial charge in [0.2, 0.25) is 0 Å². The first-order valence-electron chi connectivity index (χ1n) is 5.42. The Hall–Kier alpha value is -1.30. The SMILES string of the molecule is CSc1ncc(C(=O)O)c(NCCC(C)C)n1. The van der Waals surface area contributed by atoms with Crippen molar-refractivity contribution >= 4 is 23.5 Å². The molecule has 0 unspecified atom stereocenters. The van der Waals surface area contributed by atoms with E-state index >= 15 is 0 Å². The number of aromatic carboxylic acids is 1. The molecule has 0 saturated carbocycles. The topological polar surface area (TPSA) is 75.1 Å². The van der Waals surface area contributed by atoms with E-state index < -0.39 is 5.97 Å². The van der Waals surface area contributed by atoms with E-state index in [1.807, 2.05) is 6.26 Å². The fourth-order valence-electron chi connectivity index (χ4n) is 1.23. The highest BCUT2D eigenvalue weighted by molar-refractivity contribution is 7.98. The lowest BCUT2D eigenvalue weighted by Gasteiger charge is -2.10. The lowest BCUT2D eigenvalue weighted by atomic mass is 10.1. The molecule has 1 aromatic heterocycles. The summed E-state index contributed by atoms with van der Waals surface area (Å²) >= 11 is 1.39. The Morgan fingerprint density at radius 2 is 2.29 bits per heavy atom. The third-order valence-electron chi connectivity index (χ3n) is 2.19. The number of carbonyl (C=O) groups is 1. The first kappa shape index (κ1) is 13.8. The Labute approximate surface area is 105 Å². The van der Waals surface area contributed by atoms with Gasteiger partial charge in [-0.2, -0.15) is 0 Å². The van der Waals surface area contributed by atoms with Gasteiger partial charge in [-0.3, -0.25) is 0 Å². The highest BCUT2D eigenvalue weighted by Gasteiger charge is 2.13. The number of nitrogens with one attached hydrogen (secondary N) is 1. The molecule has 0 fully saturated rings. The number of hydrogen-bond donors (Lipinski definition) is 2. The summed E-state index contributed by atoms with van der Waals surface area (Å²) in [4.78, 5) is 19.1. The molecule has 0 atom stereocenters. The van der Waals surface area contributed by atoms with Crippen LogP contribution in [0.25, 0.3) is 0 Å². The Bertz CT molecular complexity index is 396. The van der Waals surface area contributed by atoms with Gasteiger partial charge in [0.1, 0.15) is 11.4 Å². The van der Waals surface area contributed by atoms with Crippen LogP contribution in [0.4, 0.5) is 5.82 Å². The van der Waals surface area contributed by atoms with E-state index in [9.17, 15) is 4.79 Å². The van der Waals surface area contributed by atoms with Crippen molar-refractivity contribution in [2.24, 2.45) is 5.92 Å². The number of rotatable bonds is 6. The minimum atomic E-state index is -1.01. The quantitative estimate of drug-likeness (QED) is 0.600. The maximum Gasteiger partial charge on any atom is 0.341 e. The van der Waals surface area contributed by atoms with Crippen molar-refractivity contribution in [1.82, 2.24) is 9.97 Å². The Balaban J connectivity index is 2.82. The maximum atomic E-state index is 11.0. The minimum absolute atomic E-state index is 0.117. The number of carboxylic acid groups (broad SMARTS) is 1. The average Bonchev–Trinajstić information content (AvgIpc) is 2.28. The molecular formula is C11H17N3O2S. The molecule has 6 heteroatoms. The smallest absolute Gasteiger partial charge is 0.341 e. The van der Waals surface area contributed by atoms with Crippen LogP contribution in [0.5, 0.6) is 0 Å². The second kappa shape index (κ2) is 6.44. The summed E-state index contributed by atoms with van der Waals surface area (Å²) in [5.74, 6) is -0.0418. The van der Waals surface area contributed by atoms with Gasteiger partial charge in [-0.25, -0.2) is 14.8 Å². The summed E-state index contributed by atoms with van der Waals surface area (Å²) in [6, 6.07) is 0. The van der Waals surface area contributed by atoms with Crippen molar-refractivity contribution in [3.8, 4) is 0 Å². The molecule has 0 bridgehead atoms. The second-order valence-electron chi connectivity index (χ2n) is 4.03. The lowest BCUT2D eigenvalue weighted by molar-refractivity contribution is 0.0697. The van der Waals surface area contributed by atoms with Crippen molar-refractivity contribution in [3.63, 3.8) is 0 Å². The normalized spacial score (nSPS) is 10.6. The summed E-state index contributed by atoms with van der Waals surface area (Å²) in [5.41, 5.74) is 0.117. The molecule has 0 spiro atoms. The number of nitrogens with zero attached hydrogens (tertiary/aromatic N) is 2. The fraction of sp³-hybridized carbons (Fsp3) is 0.545. The first-order valence-corrected chi connectivity index (χ1v) is 6.65. The van der Waals surface area contributed by atoms with Crippen molar-refractivity contribution < 1.29 is 9.90 Å². The van der Waals surface area contributed by atoms with Gasteiger partial charge in [0.05, 0.1) is 0 Å². The van der Waals surface area contributed by atoms with Gasteiger partial charge in [-0.1, -0.05) is 25.6 Å². The van der Waals surface area contributed by atoms with Crippen LogP contribution in [0.1, 0.15) is 30.6 Å². The predicted molar refractivity (Wildman–Crippen MR) is 68.7 cm³/mol. The third-order valence-corrected chi connectivity index (χ3v) is 2.76. The molecule has 0 saturated heterocycles. The van der Waals surface area contributed by atoms with Crippen LogP contribution in [0.15, 0.2) is 11.4 Å². The molecule has 17 heavy (non-hydrogen) atoms. The molecule has 94 valence electrons. The monoisotopic (exact) mass is 255 g/mol. The molecular weight excluding hydrogens is 238 g/mol. The first-order chi connectivity index (χ1) is 8.04. The summed E-state index contributed by atoms with van der Waals surface area (Å²) in [6.45, 7) is 4.95. The van der Waals surface area contributed by atoms with Gasteiger partial charge in [0, 0.05) is 12.7 Å². The van der Waals surface area contributed by atoms with E-state index in [1.165, 1.54) is 18.0 Å². The van der Waals surface area contributed by atoms with Crippen LogP contribution in [-0.2, 0) is 0 Å². The standard InChI is InChI=1S/C11H17N3O2S/c1-7(2)4-5-12-9-8(10(15)16)6-13-11(14-9)17-3/h6-7H,4-5H2,1-3H3,(H,15,16)(H,12,13,14). The molecule has 5 nitrogen and oxygen atoms in total. The number of thioether (sulfide) groups is 1. The van der Waals surface area contributed by atoms with E-state index in [4.69, 9.17) is 5.11 Å². The molecule has 0 radical (unpaired) electrons. The van der Waals surface area contributed by atoms with Crippen LogP contribution in [0.3, 0.4) is 0 Å². The molecule has 0 aliphatic heterocycles. The van der Waals surface area contributed by atoms with E-state index in [0.717, 1.165) is 6.42 Å². The Morgan fingerprint density at radius 3 is 2.82 bits per heavy atom. The highest BCUT2D eigenvalue weighted by atomic mass is 32.2. The van der Waals surface area contributed by atoms with E-state index in [0.29, 0.717) is 23.4 Å². The molecule has 0 amide bonds. The minimum Gasteiger partial charge on any atom is -0.477 e. The average molecular weight is 255 g/mol. The number of aromatic nitrogens is 2. The lowest BCUT2D eigenvalue weighted by Crippen LogP contribution is -2.12. The largest absolute Gasteiger partial charge is 0.477 e. The van der Waals surface area contributed by atoms with E-state index in [2.05, 4.69) is 29.1 Å². The van der Waals surface area contributed by atoms with Gasteiger partial charge in [-0.05, 0) is 18.6 Å². The van der Waals surface area contributed by atoms with Gasteiger partial charge in [-0.15, -0.1) is 0 Å². The number of hydrogen-bond acceptors (Lipinski definition) is 5. The zero-order chi connectivity index (χ0) is 12.8. The van der Waals surface area contributed by atoms with Crippen LogP contribution < -0.4 is 5.32 Å². The molecule has 0 aliphatic carbocycles. The summed E-state index contributed by atoms with van der Waals surface area (Å²) in [7, 11) is 0. The zero-order valence-corrected chi connectivity index (χ0v) is 11.0.